The molecule has 238 valence electrons. The van der Waals surface area contributed by atoms with E-state index in [0.717, 1.165) is 71.7 Å². The summed E-state index contributed by atoms with van der Waals surface area (Å²) < 4.78 is 15.5. The van der Waals surface area contributed by atoms with Crippen molar-refractivity contribution >= 4 is 75.4 Å². The zero-order valence-corrected chi connectivity index (χ0v) is 27.8. The van der Waals surface area contributed by atoms with Crippen molar-refractivity contribution in [2.24, 2.45) is 0 Å². The van der Waals surface area contributed by atoms with E-state index in [-0.39, 0.29) is 0 Å². The maximum atomic E-state index is 6.70. The summed E-state index contributed by atoms with van der Waals surface area (Å²) in [5.41, 5.74) is 8.04. The first-order chi connectivity index (χ1) is 25.2. The van der Waals surface area contributed by atoms with Crippen molar-refractivity contribution in [1.82, 2.24) is 15.0 Å². The average Bonchev–Trinajstić information content (AvgIpc) is 3.88. The van der Waals surface area contributed by atoms with E-state index >= 15 is 0 Å². The van der Waals surface area contributed by atoms with Crippen molar-refractivity contribution in [1.29, 1.82) is 0 Å². The number of furan rings is 2. The molecule has 7 aromatic carbocycles. The highest BCUT2D eigenvalue weighted by Gasteiger charge is 2.21. The van der Waals surface area contributed by atoms with E-state index in [1.54, 1.807) is 0 Å². The van der Waals surface area contributed by atoms with Gasteiger partial charge in [0.15, 0.2) is 17.5 Å². The van der Waals surface area contributed by atoms with Gasteiger partial charge in [0, 0.05) is 64.0 Å². The number of thiophene rings is 1. The smallest absolute Gasteiger partial charge is 0.164 e. The fourth-order valence-electron chi connectivity index (χ4n) is 7.34. The lowest BCUT2D eigenvalue weighted by Gasteiger charge is -2.11. The first-order valence-electron chi connectivity index (χ1n) is 16.8. The van der Waals surface area contributed by atoms with Gasteiger partial charge in [-0.1, -0.05) is 103 Å². The Balaban J connectivity index is 1.14. The van der Waals surface area contributed by atoms with Gasteiger partial charge in [-0.05, 0) is 54.1 Å². The van der Waals surface area contributed by atoms with Crippen LogP contribution in [0, 0.1) is 0 Å². The Hall–Kier alpha value is -6.63. The minimum atomic E-state index is 0.571. The van der Waals surface area contributed by atoms with Crippen LogP contribution in [0.5, 0.6) is 0 Å². The largest absolute Gasteiger partial charge is 0.456 e. The predicted molar refractivity (Wildman–Crippen MR) is 209 cm³/mol. The van der Waals surface area contributed by atoms with Crippen LogP contribution in [0.1, 0.15) is 0 Å². The monoisotopic (exact) mass is 671 g/mol. The molecule has 51 heavy (non-hydrogen) atoms. The van der Waals surface area contributed by atoms with Crippen molar-refractivity contribution in [3.05, 3.63) is 152 Å². The summed E-state index contributed by atoms with van der Waals surface area (Å²) >= 11 is 1.82. The highest BCUT2D eigenvalue weighted by Crippen LogP contribution is 2.43. The van der Waals surface area contributed by atoms with E-state index in [2.05, 4.69) is 78.9 Å². The first kappa shape index (κ1) is 28.2. The molecule has 4 aromatic heterocycles. The summed E-state index contributed by atoms with van der Waals surface area (Å²) in [5.74, 6) is 1.74. The third kappa shape index (κ3) is 4.43. The number of rotatable bonds is 4. The van der Waals surface area contributed by atoms with Crippen molar-refractivity contribution in [2.45, 2.75) is 0 Å². The molecule has 0 fully saturated rings. The fourth-order valence-corrected chi connectivity index (χ4v) is 8.49. The maximum Gasteiger partial charge on any atom is 0.164 e. The van der Waals surface area contributed by atoms with Crippen LogP contribution in [0.4, 0.5) is 0 Å². The highest BCUT2D eigenvalue weighted by molar-refractivity contribution is 7.25. The predicted octanol–water partition coefficient (Wildman–Crippen LogP) is 12.7. The topological polar surface area (TPSA) is 65.0 Å². The summed E-state index contributed by atoms with van der Waals surface area (Å²) in [6.45, 7) is 0. The van der Waals surface area contributed by atoms with Gasteiger partial charge in [-0.3, -0.25) is 0 Å². The third-order valence-electron chi connectivity index (χ3n) is 9.76. The van der Waals surface area contributed by atoms with Crippen LogP contribution in [-0.4, -0.2) is 15.0 Å². The van der Waals surface area contributed by atoms with E-state index in [9.17, 15) is 0 Å². The number of para-hydroxylation sites is 2. The molecule has 0 aliphatic rings. The average molecular weight is 672 g/mol. The quantitative estimate of drug-likeness (QED) is 0.186. The Bertz CT molecular complexity index is 3160. The van der Waals surface area contributed by atoms with Gasteiger partial charge in [0.05, 0.1) is 0 Å². The Kier molecular flexibility index (Phi) is 6.05. The van der Waals surface area contributed by atoms with Gasteiger partial charge < -0.3 is 8.83 Å². The van der Waals surface area contributed by atoms with Crippen LogP contribution in [0.3, 0.4) is 0 Å². The zero-order chi connectivity index (χ0) is 33.5. The molecule has 6 heteroatoms. The molecule has 4 heterocycles. The van der Waals surface area contributed by atoms with Gasteiger partial charge in [-0.2, -0.15) is 0 Å². The second-order valence-corrected chi connectivity index (χ2v) is 13.8. The molecule has 0 spiro atoms. The number of hydrogen-bond donors (Lipinski definition) is 0. The Morgan fingerprint density at radius 2 is 0.980 bits per heavy atom. The second kappa shape index (κ2) is 10.9. The van der Waals surface area contributed by atoms with Crippen molar-refractivity contribution < 1.29 is 8.83 Å². The van der Waals surface area contributed by atoms with E-state index in [4.69, 9.17) is 23.8 Å². The summed E-state index contributed by atoms with van der Waals surface area (Å²) in [5, 5.41) is 6.68. The first-order valence-corrected chi connectivity index (χ1v) is 17.7. The molecular formula is C45H25N3O2S. The number of aromatic nitrogens is 3. The molecule has 11 rings (SSSR count). The Morgan fingerprint density at radius 3 is 1.84 bits per heavy atom. The van der Waals surface area contributed by atoms with Gasteiger partial charge in [0.2, 0.25) is 0 Å². The third-order valence-corrected chi connectivity index (χ3v) is 10.9. The minimum Gasteiger partial charge on any atom is -0.456 e. The molecule has 0 radical (unpaired) electrons. The van der Waals surface area contributed by atoms with Crippen molar-refractivity contribution in [3.63, 3.8) is 0 Å². The summed E-state index contributed by atoms with van der Waals surface area (Å²) in [6.07, 6.45) is 0. The summed E-state index contributed by atoms with van der Waals surface area (Å²) in [7, 11) is 0. The number of benzene rings is 7. The lowest BCUT2D eigenvalue weighted by molar-refractivity contribution is 0.669. The van der Waals surface area contributed by atoms with Crippen LogP contribution >= 0.6 is 11.3 Å². The molecule has 0 unspecified atom stereocenters. The SMILES string of the molecule is c1ccc(-c2nc(-c3ccc4c(c3)oc3ccccc34)nc(-c3ccc(-c4ccc5c(c4)sc4ccccc45)c4oc5ccccc5c34)n2)cc1. The summed E-state index contributed by atoms with van der Waals surface area (Å²) in [4.78, 5) is 15.3. The molecule has 0 aliphatic carbocycles. The van der Waals surface area contributed by atoms with E-state index in [1.165, 1.54) is 20.2 Å². The molecule has 0 amide bonds. The van der Waals surface area contributed by atoms with Gasteiger partial charge in [0.1, 0.15) is 22.3 Å². The van der Waals surface area contributed by atoms with Gasteiger partial charge >= 0.3 is 0 Å². The van der Waals surface area contributed by atoms with Crippen molar-refractivity contribution in [2.75, 3.05) is 0 Å². The van der Waals surface area contributed by atoms with Crippen LogP contribution in [0.25, 0.3) is 109 Å². The molecule has 0 atom stereocenters. The maximum absolute atomic E-state index is 6.70. The Labute approximate surface area is 295 Å². The van der Waals surface area contributed by atoms with E-state index in [1.807, 2.05) is 84.1 Å². The lowest BCUT2D eigenvalue weighted by atomic mass is 9.97. The number of fused-ring (bicyclic) bond motifs is 9. The molecule has 5 nitrogen and oxygen atoms in total. The Morgan fingerprint density at radius 1 is 0.373 bits per heavy atom. The lowest BCUT2D eigenvalue weighted by Crippen LogP contribution is -2.00. The molecule has 0 bridgehead atoms. The zero-order valence-electron chi connectivity index (χ0n) is 27.0. The fraction of sp³-hybridized carbons (Fsp3) is 0. The van der Waals surface area contributed by atoms with Gasteiger partial charge in [-0.15, -0.1) is 11.3 Å². The summed E-state index contributed by atoms with van der Waals surface area (Å²) in [6, 6.07) is 52.1. The molecular weight excluding hydrogens is 647 g/mol. The highest BCUT2D eigenvalue weighted by atomic mass is 32.1. The second-order valence-electron chi connectivity index (χ2n) is 12.8. The molecule has 0 saturated carbocycles. The molecule has 0 saturated heterocycles. The normalized spacial score (nSPS) is 11.9. The molecule has 0 aliphatic heterocycles. The van der Waals surface area contributed by atoms with Crippen LogP contribution in [0.15, 0.2) is 160 Å². The van der Waals surface area contributed by atoms with Gasteiger partial charge in [0.25, 0.3) is 0 Å². The van der Waals surface area contributed by atoms with Crippen LogP contribution in [-0.2, 0) is 0 Å². The van der Waals surface area contributed by atoms with Crippen molar-refractivity contribution in [3.8, 4) is 45.3 Å². The van der Waals surface area contributed by atoms with Crippen LogP contribution < -0.4 is 0 Å². The molecule has 11 aromatic rings. The number of hydrogen-bond acceptors (Lipinski definition) is 6. The van der Waals surface area contributed by atoms with Crippen LogP contribution in [0.2, 0.25) is 0 Å². The number of nitrogens with zero attached hydrogens (tertiary/aromatic N) is 3. The van der Waals surface area contributed by atoms with E-state index in [0.29, 0.717) is 17.5 Å². The minimum absolute atomic E-state index is 0.571. The van der Waals surface area contributed by atoms with E-state index < -0.39 is 0 Å². The molecule has 0 N–H and O–H groups in total. The van der Waals surface area contributed by atoms with Gasteiger partial charge in [-0.25, -0.2) is 15.0 Å². The standard InChI is InChI=1S/C45H25N3O2S/c1-2-10-26(11-3-1)43-46-44(28-19-20-31-30-12-4-7-15-36(30)49-38(31)24-28)48-45(47-43)35-23-22-29(42-41(35)34-14-5-8-16-37(34)50-42)27-18-21-33-32-13-6-9-17-39(32)51-40(33)25-27/h1-25H.